The Bertz CT molecular complexity index is 760. The van der Waals surface area contributed by atoms with Crippen molar-refractivity contribution in [1.82, 2.24) is 24.1 Å². The van der Waals surface area contributed by atoms with Gasteiger partial charge in [0.1, 0.15) is 6.10 Å². The number of sulfonamides is 1. The summed E-state index contributed by atoms with van der Waals surface area (Å²) in [6.45, 7) is 4.63. The topological polar surface area (TPSA) is 90.2 Å². The first kappa shape index (κ1) is 15.9. The van der Waals surface area contributed by atoms with Crippen molar-refractivity contribution >= 4 is 10.0 Å². The van der Waals surface area contributed by atoms with Crippen molar-refractivity contribution in [3.63, 3.8) is 0 Å². The van der Waals surface area contributed by atoms with Gasteiger partial charge in [-0.05, 0) is 26.3 Å². The number of hydrogen-bond acceptors (Lipinski definition) is 6. The molecule has 9 heteroatoms. The summed E-state index contributed by atoms with van der Waals surface area (Å²) in [5.41, 5.74) is 0. The van der Waals surface area contributed by atoms with Crippen LogP contribution in [0.25, 0.3) is 0 Å². The van der Waals surface area contributed by atoms with Crippen LogP contribution in [0.3, 0.4) is 0 Å². The molecule has 0 spiro atoms. The van der Waals surface area contributed by atoms with Crippen molar-refractivity contribution < 1.29 is 13.2 Å². The monoisotopic (exact) mass is 337 g/mol. The Labute approximate surface area is 135 Å². The maximum Gasteiger partial charge on any atom is 0.262 e. The Kier molecular flexibility index (Phi) is 4.31. The summed E-state index contributed by atoms with van der Waals surface area (Å²) in [4.78, 5) is 4.03. The van der Waals surface area contributed by atoms with Crippen LogP contribution in [0.5, 0.6) is 5.88 Å². The molecule has 0 N–H and O–H groups in total. The first-order chi connectivity index (χ1) is 11.0. The molecule has 0 aromatic carbocycles. The highest BCUT2D eigenvalue weighted by Crippen LogP contribution is 2.23. The SMILES string of the molecule is CC(C)n1cnc(S(=O)(=O)N2CCC(Oc3cccnn3)C2)c1. The second-order valence-electron chi connectivity index (χ2n) is 5.71. The largest absolute Gasteiger partial charge is 0.472 e. The van der Waals surface area contributed by atoms with E-state index in [1.54, 1.807) is 35.4 Å². The second-order valence-corrected chi connectivity index (χ2v) is 7.59. The van der Waals surface area contributed by atoms with E-state index in [4.69, 9.17) is 4.74 Å². The maximum atomic E-state index is 12.6. The van der Waals surface area contributed by atoms with E-state index in [1.807, 2.05) is 13.8 Å². The highest BCUT2D eigenvalue weighted by molar-refractivity contribution is 7.89. The van der Waals surface area contributed by atoms with Gasteiger partial charge in [-0.2, -0.15) is 9.40 Å². The fourth-order valence-electron chi connectivity index (χ4n) is 2.40. The van der Waals surface area contributed by atoms with Crippen LogP contribution in [-0.2, 0) is 10.0 Å². The van der Waals surface area contributed by atoms with Crippen molar-refractivity contribution in [2.45, 2.75) is 37.4 Å². The molecular weight excluding hydrogens is 318 g/mol. The Morgan fingerprint density at radius 1 is 1.39 bits per heavy atom. The quantitative estimate of drug-likeness (QED) is 0.811. The number of ether oxygens (including phenoxy) is 1. The van der Waals surface area contributed by atoms with Gasteiger partial charge in [0, 0.05) is 31.0 Å². The highest BCUT2D eigenvalue weighted by Gasteiger charge is 2.35. The van der Waals surface area contributed by atoms with E-state index in [0.717, 1.165) is 0 Å². The molecule has 0 bridgehead atoms. The predicted octanol–water partition coefficient (Wildman–Crippen LogP) is 1.10. The summed E-state index contributed by atoms with van der Waals surface area (Å²) in [6, 6.07) is 3.59. The minimum Gasteiger partial charge on any atom is -0.472 e. The molecule has 1 fully saturated rings. The van der Waals surface area contributed by atoms with Crippen LogP contribution in [0.2, 0.25) is 0 Å². The van der Waals surface area contributed by atoms with Gasteiger partial charge >= 0.3 is 0 Å². The zero-order valence-corrected chi connectivity index (χ0v) is 13.8. The van der Waals surface area contributed by atoms with E-state index in [2.05, 4.69) is 15.2 Å². The van der Waals surface area contributed by atoms with E-state index in [9.17, 15) is 8.42 Å². The van der Waals surface area contributed by atoms with Crippen molar-refractivity contribution in [3.05, 3.63) is 30.9 Å². The number of nitrogens with zero attached hydrogens (tertiary/aromatic N) is 5. The molecule has 124 valence electrons. The normalized spacial score (nSPS) is 19.3. The predicted molar refractivity (Wildman–Crippen MR) is 82.4 cm³/mol. The van der Waals surface area contributed by atoms with E-state index in [0.29, 0.717) is 18.8 Å². The molecule has 3 heterocycles. The average molecular weight is 337 g/mol. The van der Waals surface area contributed by atoms with Crippen LogP contribution in [0.4, 0.5) is 0 Å². The number of aromatic nitrogens is 4. The number of imidazole rings is 1. The van der Waals surface area contributed by atoms with E-state index < -0.39 is 10.0 Å². The third kappa shape index (κ3) is 3.35. The molecule has 2 aromatic heterocycles. The Hall–Kier alpha value is -2.00. The minimum atomic E-state index is -3.59. The van der Waals surface area contributed by atoms with E-state index in [-0.39, 0.29) is 23.7 Å². The van der Waals surface area contributed by atoms with Crippen molar-refractivity contribution in [2.75, 3.05) is 13.1 Å². The van der Waals surface area contributed by atoms with Gasteiger partial charge < -0.3 is 9.30 Å². The molecule has 0 amide bonds. The molecule has 1 aliphatic heterocycles. The van der Waals surface area contributed by atoms with Crippen molar-refractivity contribution in [3.8, 4) is 5.88 Å². The van der Waals surface area contributed by atoms with Crippen LogP contribution in [-0.4, -0.2) is 51.7 Å². The number of hydrogen-bond donors (Lipinski definition) is 0. The first-order valence-corrected chi connectivity index (χ1v) is 8.89. The van der Waals surface area contributed by atoms with Gasteiger partial charge in [-0.3, -0.25) is 0 Å². The molecule has 1 atom stereocenters. The molecule has 1 saturated heterocycles. The average Bonchev–Trinajstić information content (AvgIpc) is 3.18. The van der Waals surface area contributed by atoms with Crippen LogP contribution in [0, 0.1) is 0 Å². The zero-order valence-electron chi connectivity index (χ0n) is 13.0. The van der Waals surface area contributed by atoms with Gasteiger partial charge in [0.2, 0.25) is 5.88 Å². The first-order valence-electron chi connectivity index (χ1n) is 7.45. The maximum absolute atomic E-state index is 12.6. The standard InChI is InChI=1S/C14H19N5O3S/c1-11(2)18-9-14(15-10-18)23(20,21)19-7-5-12(8-19)22-13-4-3-6-16-17-13/h3-4,6,9-12H,5,7-8H2,1-2H3. The fourth-order valence-corrected chi connectivity index (χ4v) is 3.81. The fraction of sp³-hybridized carbons (Fsp3) is 0.500. The van der Waals surface area contributed by atoms with Gasteiger partial charge in [-0.25, -0.2) is 13.4 Å². The third-order valence-corrected chi connectivity index (χ3v) is 5.47. The Morgan fingerprint density at radius 2 is 2.22 bits per heavy atom. The van der Waals surface area contributed by atoms with Gasteiger partial charge in [-0.15, -0.1) is 5.10 Å². The summed E-state index contributed by atoms with van der Waals surface area (Å²) < 4.78 is 34.1. The summed E-state index contributed by atoms with van der Waals surface area (Å²) in [7, 11) is -3.59. The van der Waals surface area contributed by atoms with Crippen LogP contribution >= 0.6 is 0 Å². The van der Waals surface area contributed by atoms with Gasteiger partial charge in [0.25, 0.3) is 10.0 Å². The lowest BCUT2D eigenvalue weighted by atomic mass is 10.3. The molecule has 8 nitrogen and oxygen atoms in total. The van der Waals surface area contributed by atoms with Crippen molar-refractivity contribution in [2.24, 2.45) is 0 Å². The van der Waals surface area contributed by atoms with Gasteiger partial charge in [0.15, 0.2) is 5.03 Å². The van der Waals surface area contributed by atoms with Gasteiger partial charge in [0.05, 0.1) is 12.9 Å². The van der Waals surface area contributed by atoms with E-state index in [1.165, 1.54) is 4.31 Å². The molecule has 0 saturated carbocycles. The second kappa shape index (κ2) is 6.25. The summed E-state index contributed by atoms with van der Waals surface area (Å²) >= 11 is 0. The van der Waals surface area contributed by atoms with Crippen LogP contribution < -0.4 is 4.74 Å². The zero-order chi connectivity index (χ0) is 16.4. The lowest BCUT2D eigenvalue weighted by Crippen LogP contribution is -2.31. The van der Waals surface area contributed by atoms with Crippen LogP contribution in [0.15, 0.2) is 35.9 Å². The minimum absolute atomic E-state index is 0.0753. The molecule has 23 heavy (non-hydrogen) atoms. The Balaban J connectivity index is 1.69. The summed E-state index contributed by atoms with van der Waals surface area (Å²) in [5, 5.41) is 7.67. The summed E-state index contributed by atoms with van der Waals surface area (Å²) in [5.74, 6) is 0.404. The third-order valence-electron chi connectivity index (χ3n) is 3.72. The molecule has 3 rings (SSSR count). The molecule has 0 radical (unpaired) electrons. The van der Waals surface area contributed by atoms with Gasteiger partial charge in [-0.1, -0.05) is 0 Å². The lowest BCUT2D eigenvalue weighted by Gasteiger charge is -2.15. The molecule has 0 aliphatic carbocycles. The highest BCUT2D eigenvalue weighted by atomic mass is 32.2. The smallest absolute Gasteiger partial charge is 0.262 e. The Morgan fingerprint density at radius 3 is 2.87 bits per heavy atom. The lowest BCUT2D eigenvalue weighted by molar-refractivity contribution is 0.204. The molecule has 1 aliphatic rings. The van der Waals surface area contributed by atoms with Crippen molar-refractivity contribution in [1.29, 1.82) is 0 Å². The summed E-state index contributed by atoms with van der Waals surface area (Å²) in [6.07, 6.45) is 5.05. The number of rotatable bonds is 5. The molecular formula is C14H19N5O3S. The van der Waals surface area contributed by atoms with E-state index >= 15 is 0 Å². The van der Waals surface area contributed by atoms with Crippen LogP contribution in [0.1, 0.15) is 26.3 Å². The molecule has 2 aromatic rings. The molecule has 1 unspecified atom stereocenters.